The molecule has 2 aromatic rings. The van der Waals surface area contributed by atoms with E-state index in [-0.39, 0.29) is 23.8 Å². The Hall–Kier alpha value is -3.35. The first-order chi connectivity index (χ1) is 14.8. The van der Waals surface area contributed by atoms with Gasteiger partial charge in [-0.2, -0.15) is 0 Å². The molecule has 0 aliphatic heterocycles. The molecule has 0 spiro atoms. The van der Waals surface area contributed by atoms with Crippen LogP contribution in [0.4, 0.5) is 5.69 Å². The van der Waals surface area contributed by atoms with Gasteiger partial charge in [0.1, 0.15) is 6.61 Å². The summed E-state index contributed by atoms with van der Waals surface area (Å²) in [4.78, 5) is 26.0. The van der Waals surface area contributed by atoms with Gasteiger partial charge in [0.05, 0.1) is 16.2 Å². The lowest BCUT2D eigenvalue weighted by Gasteiger charge is -2.15. The van der Waals surface area contributed by atoms with Gasteiger partial charge in [0, 0.05) is 23.9 Å². The zero-order chi connectivity index (χ0) is 23.0. The fourth-order valence-electron chi connectivity index (χ4n) is 3.01. The average molecular weight is 427 g/mol. The predicted molar refractivity (Wildman–Crippen MR) is 124 cm³/mol. The molecule has 0 unspecified atom stereocenters. The highest BCUT2D eigenvalue weighted by Gasteiger charge is 2.19. The third-order valence-corrected chi connectivity index (χ3v) is 4.77. The number of benzene rings is 1. The van der Waals surface area contributed by atoms with Gasteiger partial charge >= 0.3 is 0 Å². The number of H-pyrrole nitrogens is 1. The Bertz CT molecular complexity index is 1090. The van der Waals surface area contributed by atoms with Crippen LogP contribution in [0.25, 0.3) is 10.9 Å². The van der Waals surface area contributed by atoms with E-state index in [1.54, 1.807) is 6.07 Å². The number of nitrogens with zero attached hydrogens (tertiary/aromatic N) is 1. The molecule has 2 rings (SSSR count). The van der Waals surface area contributed by atoms with Crippen LogP contribution in [-0.4, -0.2) is 16.5 Å². The Morgan fingerprint density at radius 1 is 1.19 bits per heavy atom. The Balaban J connectivity index is 2.40. The van der Waals surface area contributed by atoms with Crippen LogP contribution >= 0.6 is 0 Å². The van der Waals surface area contributed by atoms with Gasteiger partial charge in [-0.15, -0.1) is 0 Å². The highest BCUT2D eigenvalue weighted by atomic mass is 16.6. The van der Waals surface area contributed by atoms with Crippen molar-refractivity contribution in [3.05, 3.63) is 73.8 Å². The molecule has 1 N–H and O–H groups in total. The van der Waals surface area contributed by atoms with Gasteiger partial charge in [-0.05, 0) is 58.8 Å². The molecule has 0 radical (unpaired) electrons. The summed E-state index contributed by atoms with van der Waals surface area (Å²) in [7, 11) is 0. The number of nitro groups is 1. The molecule has 0 aliphatic carbocycles. The van der Waals surface area contributed by atoms with E-state index < -0.39 is 10.5 Å². The van der Waals surface area contributed by atoms with Crippen LogP contribution in [-0.2, 0) is 0 Å². The van der Waals surface area contributed by atoms with E-state index in [2.05, 4.69) is 24.9 Å². The number of nitrogens with one attached hydrogen (secondary N) is 1. The van der Waals surface area contributed by atoms with Crippen molar-refractivity contribution in [3.8, 4) is 11.5 Å². The predicted octanol–water partition coefficient (Wildman–Crippen LogP) is 6.20. The first-order valence-corrected chi connectivity index (χ1v) is 10.4. The van der Waals surface area contributed by atoms with Gasteiger partial charge in [-0.3, -0.25) is 14.9 Å². The van der Waals surface area contributed by atoms with E-state index in [4.69, 9.17) is 9.47 Å². The molecule has 1 heterocycles. The van der Waals surface area contributed by atoms with Gasteiger partial charge in [0.25, 0.3) is 11.2 Å². The quantitative estimate of drug-likeness (QED) is 0.211. The summed E-state index contributed by atoms with van der Waals surface area (Å²) in [6, 6.07) is 4.27. The number of aromatic amines is 1. The lowest BCUT2D eigenvalue weighted by atomic mass is 10.1. The number of allylic oxidation sites excluding steroid dienone is 5. The fraction of sp³-hybridized carbons (Fsp3) is 0.375. The van der Waals surface area contributed by atoms with E-state index in [1.807, 2.05) is 32.9 Å². The highest BCUT2D eigenvalue weighted by Crippen LogP contribution is 2.35. The highest BCUT2D eigenvalue weighted by molar-refractivity contribution is 5.89. The van der Waals surface area contributed by atoms with Crippen molar-refractivity contribution in [2.45, 2.75) is 53.9 Å². The summed E-state index contributed by atoms with van der Waals surface area (Å²) >= 11 is 0. The molecule has 1 aromatic carbocycles. The molecule has 7 heteroatoms. The second-order valence-electron chi connectivity index (χ2n) is 7.49. The van der Waals surface area contributed by atoms with Gasteiger partial charge in [0.2, 0.25) is 5.75 Å². The monoisotopic (exact) mass is 426 g/mol. The van der Waals surface area contributed by atoms with Crippen LogP contribution in [0.2, 0.25) is 0 Å². The maximum absolute atomic E-state index is 12.7. The number of fused-ring (bicyclic) bond motifs is 1. The smallest absolute Gasteiger partial charge is 0.294 e. The molecule has 7 nitrogen and oxygen atoms in total. The number of hydrogen-bond acceptors (Lipinski definition) is 5. The van der Waals surface area contributed by atoms with Crippen molar-refractivity contribution in [2.75, 3.05) is 6.61 Å². The summed E-state index contributed by atoms with van der Waals surface area (Å²) in [5, 5.41) is 11.6. The zero-order valence-corrected chi connectivity index (χ0v) is 18.8. The average Bonchev–Trinajstić information content (AvgIpc) is 2.72. The van der Waals surface area contributed by atoms with Crippen molar-refractivity contribution in [1.29, 1.82) is 0 Å². The van der Waals surface area contributed by atoms with Crippen LogP contribution in [0.15, 0.2) is 58.1 Å². The van der Waals surface area contributed by atoms with Crippen molar-refractivity contribution >= 4 is 16.6 Å². The number of nitro benzene ring substituents is 1. The Morgan fingerprint density at radius 3 is 2.55 bits per heavy atom. The Morgan fingerprint density at radius 2 is 1.94 bits per heavy atom. The molecule has 0 fully saturated rings. The normalized spacial score (nSPS) is 12.0. The first-order valence-electron chi connectivity index (χ1n) is 10.4. The topological polar surface area (TPSA) is 94.5 Å². The molecule has 0 saturated heterocycles. The molecular weight excluding hydrogens is 396 g/mol. The van der Waals surface area contributed by atoms with Crippen LogP contribution in [0.1, 0.15) is 53.9 Å². The minimum Gasteiger partial charge on any atom is -0.481 e. The van der Waals surface area contributed by atoms with Crippen LogP contribution < -0.4 is 15.0 Å². The summed E-state index contributed by atoms with van der Waals surface area (Å²) < 4.78 is 11.8. The number of non-ortho nitro benzene ring substituents is 1. The van der Waals surface area contributed by atoms with Gasteiger partial charge in [-0.1, -0.05) is 24.1 Å². The van der Waals surface area contributed by atoms with Crippen molar-refractivity contribution in [1.82, 2.24) is 4.98 Å². The summed E-state index contributed by atoms with van der Waals surface area (Å²) in [6.45, 7) is 10.2. The number of ether oxygens (including phenoxy) is 2. The first kappa shape index (κ1) is 23.9. The molecule has 0 atom stereocenters. The molecular formula is C24H30N2O5. The molecule has 0 saturated carbocycles. The molecule has 1 aromatic heterocycles. The standard InChI is InChI=1S/C24H30N2O5/c1-6-19(7-2)31-22-20-12-11-18(26(28)29)15-21(20)25-24(27)23(22)30-14-13-17(5)10-8-9-16(3)4/h6,9,11-13,15H,7-8,10,14H2,1-5H3,(H,25,27)/b17-13+,19-6?. The van der Waals surface area contributed by atoms with Gasteiger partial charge < -0.3 is 14.5 Å². The SMILES string of the molecule is CC=C(CC)Oc1c(OC/C=C(\C)CCC=C(C)C)c(=O)[nH]c2cc([N+](=O)[O-])ccc12. The minimum atomic E-state index is -0.505. The van der Waals surface area contributed by atoms with Crippen molar-refractivity contribution in [2.24, 2.45) is 0 Å². The summed E-state index contributed by atoms with van der Waals surface area (Å²) in [5.74, 6) is 0.991. The Kier molecular flexibility index (Phi) is 8.61. The lowest BCUT2D eigenvalue weighted by Crippen LogP contribution is -2.14. The third-order valence-electron chi connectivity index (χ3n) is 4.77. The molecule has 0 aliphatic rings. The van der Waals surface area contributed by atoms with E-state index in [0.29, 0.717) is 23.1 Å². The number of pyridine rings is 1. The molecule has 31 heavy (non-hydrogen) atoms. The second kappa shape index (κ2) is 11.2. The maximum Gasteiger partial charge on any atom is 0.294 e. The van der Waals surface area contributed by atoms with Crippen molar-refractivity contribution in [3.63, 3.8) is 0 Å². The number of aromatic nitrogens is 1. The number of hydrogen-bond donors (Lipinski definition) is 1. The minimum absolute atomic E-state index is 0.0579. The van der Waals surface area contributed by atoms with E-state index in [0.717, 1.165) is 18.4 Å². The largest absolute Gasteiger partial charge is 0.481 e. The lowest BCUT2D eigenvalue weighted by molar-refractivity contribution is -0.384. The van der Waals surface area contributed by atoms with Crippen LogP contribution in [0.5, 0.6) is 11.5 Å². The van der Waals surface area contributed by atoms with Gasteiger partial charge in [-0.25, -0.2) is 0 Å². The molecule has 0 amide bonds. The number of rotatable bonds is 10. The van der Waals surface area contributed by atoms with Gasteiger partial charge in [0.15, 0.2) is 5.75 Å². The molecule has 166 valence electrons. The second-order valence-corrected chi connectivity index (χ2v) is 7.49. The van der Waals surface area contributed by atoms with E-state index >= 15 is 0 Å². The molecule has 0 bridgehead atoms. The zero-order valence-electron chi connectivity index (χ0n) is 18.8. The van der Waals surface area contributed by atoms with E-state index in [1.165, 1.54) is 17.7 Å². The van der Waals surface area contributed by atoms with Crippen LogP contribution in [0.3, 0.4) is 0 Å². The maximum atomic E-state index is 12.7. The summed E-state index contributed by atoms with van der Waals surface area (Å²) in [5.41, 5.74) is 2.16. The van der Waals surface area contributed by atoms with Crippen LogP contribution in [0, 0.1) is 10.1 Å². The summed E-state index contributed by atoms with van der Waals surface area (Å²) in [6.07, 6.45) is 8.43. The van der Waals surface area contributed by atoms with Crippen molar-refractivity contribution < 1.29 is 14.4 Å². The fourth-order valence-corrected chi connectivity index (χ4v) is 3.01. The Labute approximate surface area is 182 Å². The third kappa shape index (κ3) is 6.57. The van der Waals surface area contributed by atoms with E-state index in [9.17, 15) is 14.9 Å².